The molecule has 0 spiro atoms. The van der Waals surface area contributed by atoms with Crippen molar-refractivity contribution in [3.05, 3.63) is 59.7 Å². The molecule has 0 bridgehead atoms. The van der Waals surface area contributed by atoms with Gasteiger partial charge in [-0.2, -0.15) is 0 Å². The topological polar surface area (TPSA) is 24.7 Å². The van der Waals surface area contributed by atoms with Crippen molar-refractivity contribution in [3.63, 3.8) is 0 Å². The fourth-order valence-corrected chi connectivity index (χ4v) is 6.82. The Balaban J connectivity index is 0.0000146. The number of unbranched alkanes of at least 4 members (excludes halogenated alkanes) is 22. The summed E-state index contributed by atoms with van der Waals surface area (Å²) in [4.78, 5) is 10.2. The molecule has 0 atom stereocenters. The molecule has 0 N–H and O–H groups in total. The van der Waals surface area contributed by atoms with E-state index in [0.717, 1.165) is 81.3 Å². The van der Waals surface area contributed by atoms with E-state index in [-0.39, 0.29) is 20.4 Å². The molecular weight excluding hydrogens is 747 g/mol. The van der Waals surface area contributed by atoms with Gasteiger partial charge in [-0.3, -0.25) is 9.98 Å². The zero-order valence-electron chi connectivity index (χ0n) is 35.1. The van der Waals surface area contributed by atoms with Gasteiger partial charge < -0.3 is 0 Å². The van der Waals surface area contributed by atoms with E-state index in [1.54, 1.807) is 0 Å². The molecule has 0 radical (unpaired) electrons. The molecule has 0 unspecified atom stereocenters. The first-order valence-electron chi connectivity index (χ1n) is 22.5. The average Bonchev–Trinajstić information content (AvgIpc) is 3.18. The van der Waals surface area contributed by atoms with E-state index in [4.69, 9.17) is 9.98 Å². The van der Waals surface area contributed by atoms with Crippen LogP contribution in [-0.4, -0.2) is 11.9 Å². The maximum atomic E-state index is 5.21. The summed E-state index contributed by atoms with van der Waals surface area (Å²) in [7, 11) is 0. The van der Waals surface area contributed by atoms with Crippen LogP contribution in [0.25, 0.3) is 0 Å². The minimum absolute atomic E-state index is 0. The minimum atomic E-state index is 0. The molecule has 2 rings (SSSR count). The van der Waals surface area contributed by atoms with Gasteiger partial charge >= 0.3 is 0 Å². The monoisotopic (exact) mass is 825 g/mol. The maximum absolute atomic E-state index is 5.21. The number of aliphatic imine (C=N–C) groups is 2. The van der Waals surface area contributed by atoms with Crippen molar-refractivity contribution in [3.8, 4) is 23.7 Å². The van der Waals surface area contributed by atoms with Gasteiger partial charge in [-0.1, -0.05) is 173 Å². The van der Waals surface area contributed by atoms with Crippen LogP contribution in [0.5, 0.6) is 0 Å². The van der Waals surface area contributed by atoms with Crippen LogP contribution in [0.4, 0.5) is 11.4 Å². The third-order valence-corrected chi connectivity index (χ3v) is 10.2. The van der Waals surface area contributed by atoms with Gasteiger partial charge in [0, 0.05) is 52.3 Å². The molecule has 0 amide bonds. The zero-order chi connectivity index (χ0) is 37.7. The summed E-state index contributed by atoms with van der Waals surface area (Å²) in [5, 5.41) is 0. The maximum Gasteiger partial charge on any atom is 0.0665 e. The quantitative estimate of drug-likeness (QED) is 0.0313. The van der Waals surface area contributed by atoms with E-state index in [1.807, 2.05) is 6.21 Å². The van der Waals surface area contributed by atoms with E-state index in [1.165, 1.54) is 140 Å². The molecule has 3 heteroatoms. The SMILES string of the molecule is CCCCCCCCCCCC#CCCCc1ccccc1/N=C\C(CCCCC)=N\c1ccccc1CCCC#CCCCCCCCCCCC.[Pd]. The van der Waals surface area contributed by atoms with Crippen LogP contribution >= 0.6 is 0 Å². The normalized spacial score (nSPS) is 11.2. The molecule has 0 saturated carbocycles. The molecule has 0 fully saturated rings. The van der Waals surface area contributed by atoms with Gasteiger partial charge in [-0.05, 0) is 74.6 Å². The Bertz CT molecular complexity index is 1350. The smallest absolute Gasteiger partial charge is 0.0665 e. The van der Waals surface area contributed by atoms with Gasteiger partial charge in [0.15, 0.2) is 0 Å². The molecule has 0 aliphatic rings. The molecule has 0 heterocycles. The second kappa shape index (κ2) is 37.5. The van der Waals surface area contributed by atoms with Gasteiger partial charge in [0.1, 0.15) is 0 Å². The summed E-state index contributed by atoms with van der Waals surface area (Å²) in [6.07, 6.45) is 39.4. The van der Waals surface area contributed by atoms with E-state index in [9.17, 15) is 0 Å². The van der Waals surface area contributed by atoms with Gasteiger partial charge in [-0.15, -0.1) is 23.7 Å². The van der Waals surface area contributed by atoms with Crippen molar-refractivity contribution >= 4 is 23.3 Å². The Morgan fingerprint density at radius 3 is 1.30 bits per heavy atom. The standard InChI is InChI=1S/C51H78N2.Pd/c1-4-7-10-12-14-16-18-20-22-24-26-28-30-33-39-47-41-35-37-44-50(47)52-46-49(43-32-9-6-3)53-51-45-38-36-42-48(51)40-34-31-29-27-25-23-21-19-17-15-13-11-8-5-2;/h35-38,41-42,44-46H,4-25,30-34,39-40,43H2,1-3H3;/b52-46-,53-49+;. The van der Waals surface area contributed by atoms with Crippen LogP contribution in [0.1, 0.15) is 212 Å². The molecule has 54 heavy (non-hydrogen) atoms. The van der Waals surface area contributed by atoms with Gasteiger partial charge in [-0.25, -0.2) is 0 Å². The summed E-state index contributed by atoms with van der Waals surface area (Å²) in [5.74, 6) is 13.8. The first-order valence-corrected chi connectivity index (χ1v) is 22.5. The van der Waals surface area contributed by atoms with Gasteiger partial charge in [0.2, 0.25) is 0 Å². The first-order chi connectivity index (χ1) is 26.3. The largest absolute Gasteiger partial charge is 0.255 e. The van der Waals surface area contributed by atoms with Crippen LogP contribution in [0.15, 0.2) is 58.5 Å². The molecule has 2 aromatic carbocycles. The van der Waals surface area contributed by atoms with E-state index in [0.29, 0.717) is 0 Å². The zero-order valence-corrected chi connectivity index (χ0v) is 36.7. The molecule has 0 aliphatic heterocycles. The number of hydrogen-bond donors (Lipinski definition) is 0. The number of benzene rings is 2. The first kappa shape index (κ1) is 49.6. The van der Waals surface area contributed by atoms with Crippen molar-refractivity contribution in [1.29, 1.82) is 0 Å². The molecular formula is C51H78N2Pd. The average molecular weight is 826 g/mol. The second-order valence-corrected chi connectivity index (χ2v) is 15.1. The Morgan fingerprint density at radius 1 is 0.444 bits per heavy atom. The predicted octanol–water partition coefficient (Wildman–Crippen LogP) is 16.2. The second-order valence-electron chi connectivity index (χ2n) is 15.1. The van der Waals surface area contributed by atoms with Crippen molar-refractivity contribution < 1.29 is 20.4 Å². The Labute approximate surface area is 348 Å². The minimum Gasteiger partial charge on any atom is -0.255 e. The van der Waals surface area contributed by atoms with Gasteiger partial charge in [0.05, 0.1) is 17.1 Å². The third kappa shape index (κ3) is 27.2. The van der Waals surface area contributed by atoms with Crippen LogP contribution in [0, 0.1) is 23.7 Å². The fraction of sp³-hybridized carbons (Fsp3) is 0.647. The van der Waals surface area contributed by atoms with Crippen molar-refractivity contribution in [2.45, 2.75) is 213 Å². The molecule has 0 aliphatic carbocycles. The van der Waals surface area contributed by atoms with Crippen LogP contribution in [0.2, 0.25) is 0 Å². The van der Waals surface area contributed by atoms with Crippen molar-refractivity contribution in [2.75, 3.05) is 0 Å². The van der Waals surface area contributed by atoms with E-state index in [2.05, 4.69) is 93.0 Å². The molecule has 2 nitrogen and oxygen atoms in total. The van der Waals surface area contributed by atoms with Crippen molar-refractivity contribution in [1.82, 2.24) is 0 Å². The predicted molar refractivity (Wildman–Crippen MR) is 237 cm³/mol. The molecule has 0 saturated heterocycles. The molecule has 2 aromatic rings. The number of hydrogen-bond acceptors (Lipinski definition) is 2. The van der Waals surface area contributed by atoms with Crippen LogP contribution in [-0.2, 0) is 33.3 Å². The fourth-order valence-electron chi connectivity index (χ4n) is 6.82. The summed E-state index contributed by atoms with van der Waals surface area (Å²) in [6.45, 7) is 6.84. The van der Waals surface area contributed by atoms with E-state index >= 15 is 0 Å². The Kier molecular flexibility index (Phi) is 34.4. The molecule has 302 valence electrons. The van der Waals surface area contributed by atoms with Crippen LogP contribution in [0.3, 0.4) is 0 Å². The summed E-state index contributed by atoms with van der Waals surface area (Å²) in [6, 6.07) is 17.3. The Hall–Kier alpha value is -2.44. The van der Waals surface area contributed by atoms with Gasteiger partial charge in [0.25, 0.3) is 0 Å². The summed E-state index contributed by atoms with van der Waals surface area (Å²) in [5.41, 5.74) is 5.84. The van der Waals surface area contributed by atoms with Crippen molar-refractivity contribution in [2.24, 2.45) is 9.98 Å². The number of nitrogens with zero attached hydrogens (tertiary/aromatic N) is 2. The third-order valence-electron chi connectivity index (χ3n) is 10.2. The summed E-state index contributed by atoms with van der Waals surface area (Å²) < 4.78 is 0. The van der Waals surface area contributed by atoms with Crippen LogP contribution < -0.4 is 0 Å². The Morgan fingerprint density at radius 2 is 0.815 bits per heavy atom. The van der Waals surface area contributed by atoms with E-state index < -0.39 is 0 Å². The summed E-state index contributed by atoms with van der Waals surface area (Å²) >= 11 is 0. The number of aryl methyl sites for hydroxylation is 2. The number of para-hydroxylation sites is 2. The molecule has 0 aromatic heterocycles. The number of rotatable bonds is 31.